The first-order valence-electron chi connectivity index (χ1n) is 8.18. The number of amides is 2. The monoisotopic (exact) mass is 393 g/mol. The van der Waals surface area contributed by atoms with Crippen molar-refractivity contribution in [2.24, 2.45) is 0 Å². The molecule has 2 aromatic heterocycles. The highest BCUT2D eigenvalue weighted by Crippen LogP contribution is 2.23. The van der Waals surface area contributed by atoms with Crippen LogP contribution in [0.25, 0.3) is 0 Å². The van der Waals surface area contributed by atoms with E-state index >= 15 is 0 Å². The Kier molecular flexibility index (Phi) is 6.04. The molecule has 0 fully saturated rings. The molecule has 0 aliphatic heterocycles. The van der Waals surface area contributed by atoms with Crippen molar-refractivity contribution in [3.05, 3.63) is 65.5 Å². The molecule has 140 valence electrons. The van der Waals surface area contributed by atoms with Crippen molar-refractivity contribution in [3.63, 3.8) is 0 Å². The van der Waals surface area contributed by atoms with E-state index in [4.69, 9.17) is 0 Å². The Labute approximate surface area is 164 Å². The molecule has 0 aliphatic carbocycles. The third-order valence-electron chi connectivity index (χ3n) is 3.62. The van der Waals surface area contributed by atoms with Crippen molar-refractivity contribution in [1.82, 2.24) is 10.1 Å². The Morgan fingerprint density at radius 3 is 2.68 bits per heavy atom. The zero-order valence-corrected chi connectivity index (χ0v) is 15.6. The van der Waals surface area contributed by atoms with Gasteiger partial charge >= 0.3 is 0 Å². The number of aromatic nitrogens is 2. The zero-order chi connectivity index (χ0) is 19.9. The number of para-hydroxylation sites is 1. The Hall–Kier alpha value is -3.64. The van der Waals surface area contributed by atoms with E-state index in [1.807, 2.05) is 24.3 Å². The van der Waals surface area contributed by atoms with Crippen LogP contribution in [0.3, 0.4) is 0 Å². The summed E-state index contributed by atoms with van der Waals surface area (Å²) in [5.41, 5.74) is 1.64. The van der Waals surface area contributed by atoms with Crippen molar-refractivity contribution >= 4 is 35.1 Å². The Bertz CT molecular complexity index is 1030. The van der Waals surface area contributed by atoms with Crippen molar-refractivity contribution in [2.45, 2.75) is 11.9 Å². The highest BCUT2D eigenvalue weighted by atomic mass is 32.2. The van der Waals surface area contributed by atoms with E-state index < -0.39 is 0 Å². The van der Waals surface area contributed by atoms with Gasteiger partial charge in [0.1, 0.15) is 17.4 Å². The van der Waals surface area contributed by atoms with Crippen LogP contribution in [-0.2, 0) is 4.79 Å². The van der Waals surface area contributed by atoms with Gasteiger partial charge in [0.25, 0.3) is 5.91 Å². The second-order valence-corrected chi connectivity index (χ2v) is 6.59. The molecule has 0 bridgehead atoms. The van der Waals surface area contributed by atoms with Gasteiger partial charge in [-0.05, 0) is 25.1 Å². The quantitative estimate of drug-likeness (QED) is 0.617. The first-order valence-corrected chi connectivity index (χ1v) is 9.16. The van der Waals surface area contributed by atoms with Crippen molar-refractivity contribution in [2.75, 3.05) is 16.4 Å². The summed E-state index contributed by atoms with van der Waals surface area (Å²) < 4.78 is 4.64. The number of benzene rings is 1. The molecule has 3 aromatic rings. The van der Waals surface area contributed by atoms with E-state index in [0.29, 0.717) is 27.8 Å². The Morgan fingerprint density at radius 1 is 1.21 bits per heavy atom. The molecule has 2 amide bonds. The number of thioether (sulfide) groups is 1. The van der Waals surface area contributed by atoms with Gasteiger partial charge in [-0.1, -0.05) is 35.1 Å². The number of nitrogens with one attached hydrogen (secondary N) is 2. The van der Waals surface area contributed by atoms with Crippen LogP contribution in [0.1, 0.15) is 21.6 Å². The van der Waals surface area contributed by atoms with Crippen molar-refractivity contribution < 1.29 is 14.1 Å². The maximum atomic E-state index is 12.5. The van der Waals surface area contributed by atoms with E-state index in [1.165, 1.54) is 18.4 Å². The molecule has 1 aromatic carbocycles. The van der Waals surface area contributed by atoms with Crippen LogP contribution in [0.4, 0.5) is 11.5 Å². The molecule has 0 atom stereocenters. The molecule has 0 unspecified atom stereocenters. The number of anilines is 2. The minimum absolute atomic E-state index is 0.0313. The molecule has 0 saturated heterocycles. The van der Waals surface area contributed by atoms with Gasteiger partial charge in [0.2, 0.25) is 5.91 Å². The average Bonchev–Trinajstić information content (AvgIpc) is 3.20. The van der Waals surface area contributed by atoms with Crippen LogP contribution < -0.4 is 10.6 Å². The third kappa shape index (κ3) is 4.75. The molecule has 0 radical (unpaired) electrons. The molecule has 0 aliphatic rings. The number of aryl methyl sites for hydroxylation is 1. The fourth-order valence-electron chi connectivity index (χ4n) is 2.31. The van der Waals surface area contributed by atoms with Gasteiger partial charge in [0.05, 0.1) is 22.6 Å². The number of nitriles is 1. The molecule has 2 heterocycles. The topological polar surface area (TPSA) is 121 Å². The minimum atomic E-state index is -0.354. The van der Waals surface area contributed by atoms with Gasteiger partial charge in [0.15, 0.2) is 5.82 Å². The number of carbonyl (C=O) groups is 2. The molecule has 2 N–H and O–H groups in total. The first kappa shape index (κ1) is 19.1. The maximum absolute atomic E-state index is 12.5. The molecular weight excluding hydrogens is 378 g/mol. The summed E-state index contributed by atoms with van der Waals surface area (Å²) in [5, 5.41) is 18.7. The summed E-state index contributed by atoms with van der Waals surface area (Å²) in [7, 11) is 0. The van der Waals surface area contributed by atoms with Crippen molar-refractivity contribution in [3.8, 4) is 6.07 Å². The lowest BCUT2D eigenvalue weighted by molar-refractivity contribution is -0.113. The predicted molar refractivity (Wildman–Crippen MR) is 104 cm³/mol. The largest absolute Gasteiger partial charge is 0.363 e. The minimum Gasteiger partial charge on any atom is -0.363 e. The van der Waals surface area contributed by atoms with Gasteiger partial charge in [-0.2, -0.15) is 5.26 Å². The van der Waals surface area contributed by atoms with E-state index in [-0.39, 0.29) is 23.1 Å². The Balaban J connectivity index is 1.71. The summed E-state index contributed by atoms with van der Waals surface area (Å²) in [6, 6.07) is 14.0. The molecule has 9 heteroatoms. The lowest BCUT2D eigenvalue weighted by atomic mass is 10.1. The maximum Gasteiger partial charge on any atom is 0.257 e. The number of rotatable bonds is 6. The standard InChI is InChI=1S/C19H15N5O3S/c1-12-15(18(26)22-14-5-3-2-4-6-14)9-13(10-20)19(21-12)28-11-17(25)23-16-7-8-27-24-16/h2-9H,11H2,1H3,(H,22,26)(H,23,24,25). The number of nitrogens with zero attached hydrogens (tertiary/aromatic N) is 3. The van der Waals surface area contributed by atoms with Gasteiger partial charge in [-0.3, -0.25) is 9.59 Å². The molecule has 0 saturated carbocycles. The Morgan fingerprint density at radius 2 is 2.00 bits per heavy atom. The molecular formula is C19H15N5O3S. The number of pyridine rings is 1. The normalized spacial score (nSPS) is 10.1. The molecule has 28 heavy (non-hydrogen) atoms. The lowest BCUT2D eigenvalue weighted by Crippen LogP contribution is -2.16. The fraction of sp³-hybridized carbons (Fsp3) is 0.105. The van der Waals surface area contributed by atoms with Gasteiger partial charge in [-0.15, -0.1) is 0 Å². The van der Waals surface area contributed by atoms with E-state index in [9.17, 15) is 14.9 Å². The SMILES string of the molecule is Cc1nc(SCC(=O)Nc2ccon2)c(C#N)cc1C(=O)Nc1ccccc1. The highest BCUT2D eigenvalue weighted by Gasteiger charge is 2.17. The average molecular weight is 393 g/mol. The number of hydrogen-bond donors (Lipinski definition) is 2. The highest BCUT2D eigenvalue weighted by molar-refractivity contribution is 8.00. The van der Waals surface area contributed by atoms with Crippen LogP contribution in [0.5, 0.6) is 0 Å². The third-order valence-corrected chi connectivity index (χ3v) is 4.61. The van der Waals surface area contributed by atoms with Crippen LogP contribution in [-0.4, -0.2) is 27.7 Å². The summed E-state index contributed by atoms with van der Waals surface area (Å²) in [6.07, 6.45) is 1.35. The molecule has 8 nitrogen and oxygen atoms in total. The summed E-state index contributed by atoms with van der Waals surface area (Å²) in [6.45, 7) is 1.68. The number of carbonyl (C=O) groups excluding carboxylic acids is 2. The van der Waals surface area contributed by atoms with E-state index in [1.54, 1.807) is 19.1 Å². The van der Waals surface area contributed by atoms with Gasteiger partial charge in [-0.25, -0.2) is 4.98 Å². The summed E-state index contributed by atoms with van der Waals surface area (Å²) in [4.78, 5) is 28.8. The van der Waals surface area contributed by atoms with Gasteiger partial charge in [0, 0.05) is 11.8 Å². The van der Waals surface area contributed by atoms with E-state index in [0.717, 1.165) is 11.8 Å². The smallest absolute Gasteiger partial charge is 0.257 e. The fourth-order valence-corrected chi connectivity index (χ4v) is 3.11. The van der Waals surface area contributed by atoms with Crippen molar-refractivity contribution in [1.29, 1.82) is 5.26 Å². The van der Waals surface area contributed by atoms with Gasteiger partial charge < -0.3 is 15.2 Å². The second kappa shape index (κ2) is 8.83. The van der Waals surface area contributed by atoms with E-state index in [2.05, 4.69) is 25.3 Å². The lowest BCUT2D eigenvalue weighted by Gasteiger charge is -2.10. The predicted octanol–water partition coefficient (Wildman–Crippen LogP) is 3.23. The summed E-state index contributed by atoms with van der Waals surface area (Å²) >= 11 is 1.10. The first-order chi connectivity index (χ1) is 13.6. The molecule has 0 spiro atoms. The van der Waals surface area contributed by atoms with Crippen LogP contribution in [0, 0.1) is 18.3 Å². The molecule has 3 rings (SSSR count). The summed E-state index contributed by atoms with van der Waals surface area (Å²) in [5.74, 6) is -0.326. The second-order valence-electron chi connectivity index (χ2n) is 5.63. The zero-order valence-electron chi connectivity index (χ0n) is 14.8. The number of hydrogen-bond acceptors (Lipinski definition) is 7. The van der Waals surface area contributed by atoms with Crippen LogP contribution in [0.2, 0.25) is 0 Å². The van der Waals surface area contributed by atoms with Crippen LogP contribution >= 0.6 is 11.8 Å². The van der Waals surface area contributed by atoms with Crippen LogP contribution in [0.15, 0.2) is 58.3 Å².